The summed E-state index contributed by atoms with van der Waals surface area (Å²) in [4.78, 5) is 40.7. The van der Waals surface area contributed by atoms with Gasteiger partial charge in [-0.2, -0.15) is 19.6 Å². The zero-order valence-electron chi connectivity index (χ0n) is 36.7. The second-order valence-electron chi connectivity index (χ2n) is 16.4. The third-order valence-corrected chi connectivity index (χ3v) is 10.5. The molecule has 2 aliphatic rings. The largest absolute Gasteiger partial charge is 0.477 e. The lowest BCUT2D eigenvalue weighted by Gasteiger charge is -2.10. The number of hydrogen-bond acceptors (Lipinski definition) is 15. The number of aromatic carboxylic acids is 1. The van der Waals surface area contributed by atoms with Crippen LogP contribution in [0.2, 0.25) is 0 Å². The molecule has 0 spiro atoms. The summed E-state index contributed by atoms with van der Waals surface area (Å²) in [5.74, 6) is 2.50. The highest BCUT2D eigenvalue weighted by Gasteiger charge is 2.26. The number of pyridine rings is 4. The highest BCUT2D eigenvalue weighted by molar-refractivity contribution is 6.03. The van der Waals surface area contributed by atoms with Crippen LogP contribution in [0.4, 0.5) is 11.6 Å². The van der Waals surface area contributed by atoms with Crippen molar-refractivity contribution >= 4 is 23.5 Å². The summed E-state index contributed by atoms with van der Waals surface area (Å²) in [6.07, 6.45) is 15.6. The van der Waals surface area contributed by atoms with Crippen LogP contribution in [0.15, 0.2) is 85.7 Å². The second-order valence-corrected chi connectivity index (χ2v) is 16.4. The van der Waals surface area contributed by atoms with Gasteiger partial charge in [0.1, 0.15) is 23.0 Å². The molecule has 4 N–H and O–H groups in total. The number of carbonyl (C=O) groups excluding carboxylic acids is 1. The van der Waals surface area contributed by atoms with E-state index in [1.807, 2.05) is 81.6 Å². The number of tetrazole rings is 2. The highest BCUT2D eigenvalue weighted by atomic mass is 16.4. The normalized spacial score (nSPS) is 13.2. The number of anilines is 2. The number of hydrogen-bond donors (Lipinski definition) is 3. The second kappa shape index (κ2) is 18.7. The van der Waals surface area contributed by atoms with Crippen molar-refractivity contribution in [2.45, 2.75) is 91.1 Å². The van der Waals surface area contributed by atoms with Crippen LogP contribution in [-0.4, -0.2) is 96.9 Å². The number of aromatic nitrogens is 16. The van der Waals surface area contributed by atoms with E-state index in [0.717, 1.165) is 39.2 Å². The molecule has 1 amide bonds. The number of nitrogens with zero attached hydrogens (tertiary/aromatic N) is 16. The van der Waals surface area contributed by atoms with Crippen molar-refractivity contribution in [3.63, 3.8) is 0 Å². The fourth-order valence-corrected chi connectivity index (χ4v) is 6.73. The molecule has 0 radical (unpaired) electrons. The zero-order valence-corrected chi connectivity index (χ0v) is 36.7. The minimum atomic E-state index is -1.01. The van der Waals surface area contributed by atoms with Gasteiger partial charge in [-0.15, -0.1) is 10.2 Å². The number of nitrogens with one attached hydrogen (secondary N) is 1. The number of carbonyl (C=O) groups is 2. The van der Waals surface area contributed by atoms with Crippen molar-refractivity contribution in [1.82, 2.24) is 79.9 Å². The minimum absolute atomic E-state index is 0.0646. The molecule has 21 nitrogen and oxygen atoms in total. The van der Waals surface area contributed by atoms with Crippen LogP contribution in [-0.2, 0) is 0 Å². The van der Waals surface area contributed by atoms with Crippen molar-refractivity contribution in [2.75, 3.05) is 11.1 Å². The standard InChI is InChI=1S/C22H23N9O.C13H13N3O2.C9H12N6/c1-13(2)21-27-28-29-31(21)20-6-4-5-19(25-20)26-22(32)18-9-17(14(3)10-23-18)15-11-24-30(12-15)16-7-8-16;1-8-5-14-12(13(17)18)4-11(8)9-6-15-16(7-9)10-2-3-10;1-6(2)9-12-13-14-15(9)8-5-3-4-7(10)11-8/h4-6,9-13,16H,7-8H2,1-3H3,(H,25,26,32);4-7,10H,2-3H2,1H3,(H,17,18);3-6H,1-2H3,(H2,10,11). The first kappa shape index (κ1) is 43.5. The lowest BCUT2D eigenvalue weighted by atomic mass is 10.0. The van der Waals surface area contributed by atoms with Gasteiger partial charge in [0.05, 0.1) is 24.5 Å². The van der Waals surface area contributed by atoms with Gasteiger partial charge < -0.3 is 16.2 Å². The molecule has 2 aliphatic carbocycles. The minimum Gasteiger partial charge on any atom is -0.477 e. The summed E-state index contributed by atoms with van der Waals surface area (Å²) in [5.41, 5.74) is 11.7. The Bertz CT molecular complexity index is 2960. The summed E-state index contributed by atoms with van der Waals surface area (Å²) in [6, 6.07) is 15.1. The fraction of sp³-hybridized carbons (Fsp3) is 0.318. The van der Waals surface area contributed by atoms with E-state index in [0.29, 0.717) is 46.9 Å². The van der Waals surface area contributed by atoms with Gasteiger partial charge in [-0.1, -0.05) is 39.8 Å². The van der Waals surface area contributed by atoms with Crippen LogP contribution in [0.25, 0.3) is 33.9 Å². The smallest absolute Gasteiger partial charge is 0.354 e. The van der Waals surface area contributed by atoms with Gasteiger partial charge in [0.2, 0.25) is 0 Å². The molecule has 0 bridgehead atoms. The molecule has 2 fully saturated rings. The Balaban J connectivity index is 0.000000147. The predicted octanol–water partition coefficient (Wildman–Crippen LogP) is 6.38. The number of nitrogens with two attached hydrogens (primary N) is 1. The molecule has 0 atom stereocenters. The molecule has 0 aromatic carbocycles. The fourth-order valence-electron chi connectivity index (χ4n) is 6.73. The Morgan fingerprint density at radius 2 is 1.18 bits per heavy atom. The maximum Gasteiger partial charge on any atom is 0.354 e. The first-order chi connectivity index (χ1) is 31.3. The van der Waals surface area contributed by atoms with E-state index in [9.17, 15) is 9.59 Å². The lowest BCUT2D eigenvalue weighted by molar-refractivity contribution is 0.0690. The van der Waals surface area contributed by atoms with Crippen LogP contribution in [0, 0.1) is 13.8 Å². The van der Waals surface area contributed by atoms with Gasteiger partial charge in [0, 0.05) is 47.8 Å². The number of carboxylic acids is 1. The van der Waals surface area contributed by atoms with Gasteiger partial charge in [0.15, 0.2) is 23.3 Å². The Morgan fingerprint density at radius 3 is 1.68 bits per heavy atom. The Kier molecular flexibility index (Phi) is 12.5. The van der Waals surface area contributed by atoms with Crippen LogP contribution in [0.3, 0.4) is 0 Å². The molecular weight excluding hydrogens is 829 g/mol. The van der Waals surface area contributed by atoms with Crippen LogP contribution >= 0.6 is 0 Å². The van der Waals surface area contributed by atoms with E-state index < -0.39 is 5.97 Å². The van der Waals surface area contributed by atoms with E-state index >= 15 is 0 Å². The van der Waals surface area contributed by atoms with Gasteiger partial charge in [-0.3, -0.25) is 19.1 Å². The van der Waals surface area contributed by atoms with Gasteiger partial charge in [-0.05, 0) is 119 Å². The van der Waals surface area contributed by atoms with Crippen LogP contribution in [0.5, 0.6) is 0 Å². The predicted molar refractivity (Wildman–Crippen MR) is 238 cm³/mol. The molecule has 8 aromatic heterocycles. The first-order valence-electron chi connectivity index (χ1n) is 21.2. The molecule has 0 aliphatic heterocycles. The Morgan fingerprint density at radius 1 is 0.692 bits per heavy atom. The van der Waals surface area contributed by atoms with E-state index in [1.54, 1.807) is 64.4 Å². The number of aryl methyl sites for hydroxylation is 2. The van der Waals surface area contributed by atoms with Gasteiger partial charge in [-0.25, -0.2) is 19.7 Å². The molecule has 0 unspecified atom stereocenters. The van der Waals surface area contributed by atoms with Crippen molar-refractivity contribution in [2.24, 2.45) is 0 Å². The SMILES string of the molecule is CC(C)c1nnnn1-c1cccc(N)n1.Cc1cnc(C(=O)Nc2cccc(-n3nnnc3C(C)C)n2)cc1-c1cnn(C2CC2)c1.Cc1cnc(C(=O)O)cc1-c1cnn(C2CC2)c1. The average molecular weight is 877 g/mol. The highest BCUT2D eigenvalue weighted by Crippen LogP contribution is 2.36. The average Bonchev–Trinajstić information content (AvgIpc) is 4.01. The van der Waals surface area contributed by atoms with E-state index in [4.69, 9.17) is 10.8 Å². The van der Waals surface area contributed by atoms with Gasteiger partial charge in [0.25, 0.3) is 5.91 Å². The molecule has 332 valence electrons. The quantitative estimate of drug-likeness (QED) is 0.127. The molecule has 21 heteroatoms. The summed E-state index contributed by atoms with van der Waals surface area (Å²) in [5, 5.41) is 43.8. The molecule has 2 saturated carbocycles. The first-order valence-corrected chi connectivity index (χ1v) is 21.2. The monoisotopic (exact) mass is 876 g/mol. The lowest BCUT2D eigenvalue weighted by Crippen LogP contribution is -2.16. The number of carboxylic acid groups (broad SMARTS) is 1. The Hall–Kier alpha value is -8.10. The third kappa shape index (κ3) is 10.2. The van der Waals surface area contributed by atoms with Crippen molar-refractivity contribution in [1.29, 1.82) is 0 Å². The summed E-state index contributed by atoms with van der Waals surface area (Å²) in [7, 11) is 0. The van der Waals surface area contributed by atoms with E-state index in [2.05, 4.69) is 66.5 Å². The number of rotatable bonds is 11. The van der Waals surface area contributed by atoms with Crippen molar-refractivity contribution in [3.8, 4) is 33.9 Å². The molecule has 65 heavy (non-hydrogen) atoms. The topological polar surface area (TPSA) is 267 Å². The molecule has 10 rings (SSSR count). The molecular formula is C44H48N18O3. The maximum absolute atomic E-state index is 12.9. The Labute approximate surface area is 373 Å². The zero-order chi connectivity index (χ0) is 45.8. The van der Waals surface area contributed by atoms with Crippen LogP contribution < -0.4 is 11.1 Å². The maximum atomic E-state index is 12.9. The summed E-state index contributed by atoms with van der Waals surface area (Å²) in [6.45, 7) is 11.9. The summed E-state index contributed by atoms with van der Waals surface area (Å²) >= 11 is 0. The number of nitrogen functional groups attached to an aromatic ring is 1. The van der Waals surface area contributed by atoms with Crippen molar-refractivity contribution in [3.05, 3.63) is 120 Å². The summed E-state index contributed by atoms with van der Waals surface area (Å²) < 4.78 is 7.12. The van der Waals surface area contributed by atoms with E-state index in [-0.39, 0.29) is 23.4 Å². The number of amides is 1. The van der Waals surface area contributed by atoms with Crippen molar-refractivity contribution < 1.29 is 14.7 Å². The van der Waals surface area contributed by atoms with Gasteiger partial charge >= 0.3 is 5.97 Å². The van der Waals surface area contributed by atoms with Crippen LogP contribution in [0.1, 0.15) is 121 Å². The molecule has 0 saturated heterocycles. The third-order valence-electron chi connectivity index (χ3n) is 10.5. The molecule has 8 heterocycles. The molecule has 8 aromatic rings. The van der Waals surface area contributed by atoms with E-state index in [1.165, 1.54) is 25.7 Å².